The smallest absolute Gasteiger partial charge is 0.116 e. The van der Waals surface area contributed by atoms with E-state index in [1.165, 1.54) is 61.1 Å². The highest BCUT2D eigenvalue weighted by Crippen LogP contribution is 2.33. The second-order valence-electron chi connectivity index (χ2n) is 6.72. The predicted molar refractivity (Wildman–Crippen MR) is 99.7 cm³/mol. The second-order valence-corrected chi connectivity index (χ2v) is 6.72. The Morgan fingerprint density at radius 3 is 2.65 bits per heavy atom. The van der Waals surface area contributed by atoms with Crippen LogP contribution in [0, 0.1) is 5.92 Å². The van der Waals surface area contributed by atoms with E-state index in [4.69, 9.17) is 0 Å². The molecule has 1 aromatic heterocycles. The van der Waals surface area contributed by atoms with Gasteiger partial charge in [0.2, 0.25) is 0 Å². The molecule has 0 radical (unpaired) electrons. The summed E-state index contributed by atoms with van der Waals surface area (Å²) in [6.45, 7) is 8.18. The van der Waals surface area contributed by atoms with E-state index in [1.54, 1.807) is 6.07 Å². The minimum absolute atomic E-state index is 0. The molecule has 0 aliphatic heterocycles. The number of benzene rings is 1. The highest BCUT2D eigenvalue weighted by atomic mass is 35.5. The van der Waals surface area contributed by atoms with E-state index < -0.39 is 0 Å². The molecule has 0 spiro atoms. The third-order valence-corrected chi connectivity index (χ3v) is 4.87. The van der Waals surface area contributed by atoms with Gasteiger partial charge in [0, 0.05) is 23.1 Å². The topological polar surface area (TPSA) is 39.3 Å². The number of phenolic OH excluding ortho intramolecular Hbond substituents is 1. The van der Waals surface area contributed by atoms with Crippen molar-refractivity contribution < 1.29 is 5.11 Å². The van der Waals surface area contributed by atoms with Crippen molar-refractivity contribution >= 4 is 23.3 Å². The lowest BCUT2D eigenvalue weighted by Gasteiger charge is -2.29. The van der Waals surface area contributed by atoms with Gasteiger partial charge in [0.15, 0.2) is 0 Å². The number of aryl methyl sites for hydroxylation is 1. The number of aromatic amines is 1. The molecule has 1 aliphatic carbocycles. The Hall–Kier alpha value is -1.19. The van der Waals surface area contributed by atoms with Crippen molar-refractivity contribution in [1.82, 2.24) is 9.88 Å². The van der Waals surface area contributed by atoms with E-state index in [0.717, 1.165) is 18.8 Å². The highest BCUT2D eigenvalue weighted by Gasteiger charge is 2.24. The maximum absolute atomic E-state index is 9.78. The first-order chi connectivity index (χ1) is 10.7. The van der Waals surface area contributed by atoms with Crippen LogP contribution in [-0.2, 0) is 12.8 Å². The van der Waals surface area contributed by atoms with Gasteiger partial charge in [0.05, 0.1) is 0 Å². The summed E-state index contributed by atoms with van der Waals surface area (Å²) >= 11 is 0. The molecule has 4 heteroatoms. The van der Waals surface area contributed by atoms with Crippen LogP contribution in [0.2, 0.25) is 0 Å². The van der Waals surface area contributed by atoms with E-state index in [-0.39, 0.29) is 12.4 Å². The fourth-order valence-corrected chi connectivity index (χ4v) is 3.93. The van der Waals surface area contributed by atoms with Gasteiger partial charge < -0.3 is 15.0 Å². The van der Waals surface area contributed by atoms with Crippen LogP contribution >= 0.6 is 12.4 Å². The number of fused-ring (bicyclic) bond motifs is 3. The fourth-order valence-electron chi connectivity index (χ4n) is 3.93. The summed E-state index contributed by atoms with van der Waals surface area (Å²) in [5.41, 5.74) is 3.99. The lowest BCUT2D eigenvalue weighted by atomic mass is 9.86. The lowest BCUT2D eigenvalue weighted by molar-refractivity contribution is 0.220. The van der Waals surface area contributed by atoms with E-state index in [0.29, 0.717) is 5.75 Å². The van der Waals surface area contributed by atoms with Gasteiger partial charge in [0.25, 0.3) is 0 Å². The predicted octanol–water partition coefficient (Wildman–Crippen LogP) is 4.52. The summed E-state index contributed by atoms with van der Waals surface area (Å²) in [4.78, 5) is 6.17. The number of hydrogen-bond donors (Lipinski definition) is 2. The molecule has 0 amide bonds. The van der Waals surface area contributed by atoms with Gasteiger partial charge in [-0.15, -0.1) is 12.4 Å². The number of aromatic nitrogens is 1. The van der Waals surface area contributed by atoms with Crippen molar-refractivity contribution in [3.63, 3.8) is 0 Å². The van der Waals surface area contributed by atoms with Crippen LogP contribution < -0.4 is 0 Å². The highest BCUT2D eigenvalue weighted by molar-refractivity contribution is 5.86. The van der Waals surface area contributed by atoms with Crippen LogP contribution in [-0.4, -0.2) is 34.6 Å². The zero-order valence-corrected chi connectivity index (χ0v) is 15.1. The molecule has 1 unspecified atom stereocenters. The average molecular weight is 337 g/mol. The monoisotopic (exact) mass is 336 g/mol. The number of halogens is 1. The zero-order chi connectivity index (χ0) is 15.5. The molecule has 128 valence electrons. The van der Waals surface area contributed by atoms with Crippen molar-refractivity contribution in [3.8, 4) is 5.75 Å². The Labute approximate surface area is 145 Å². The maximum Gasteiger partial charge on any atom is 0.116 e. The van der Waals surface area contributed by atoms with E-state index in [9.17, 15) is 5.11 Å². The maximum atomic E-state index is 9.78. The minimum atomic E-state index is 0. The molecule has 0 bridgehead atoms. The molecule has 1 aliphatic rings. The molecule has 1 atom stereocenters. The average Bonchev–Trinajstić information content (AvgIpc) is 2.85. The number of aromatic hydroxyl groups is 1. The molecule has 23 heavy (non-hydrogen) atoms. The van der Waals surface area contributed by atoms with E-state index in [1.807, 2.05) is 12.1 Å². The summed E-state index contributed by atoms with van der Waals surface area (Å²) in [5, 5.41) is 11.0. The molecule has 2 N–H and O–H groups in total. The second kappa shape index (κ2) is 8.07. The van der Waals surface area contributed by atoms with E-state index in [2.05, 4.69) is 23.7 Å². The molecule has 1 aromatic carbocycles. The van der Waals surface area contributed by atoms with Gasteiger partial charge in [-0.3, -0.25) is 0 Å². The molecular weight excluding hydrogens is 308 g/mol. The third kappa shape index (κ3) is 4.02. The quantitative estimate of drug-likeness (QED) is 0.814. The number of rotatable bonds is 6. The van der Waals surface area contributed by atoms with Gasteiger partial charge in [-0.25, -0.2) is 0 Å². The SMILES string of the molecule is CCCN(CCC)CC1CCc2[nH]c3ccc(O)cc3c2C1.Cl. The minimum Gasteiger partial charge on any atom is -0.508 e. The molecule has 0 saturated carbocycles. The summed E-state index contributed by atoms with van der Waals surface area (Å²) in [6.07, 6.45) is 6.03. The van der Waals surface area contributed by atoms with Crippen molar-refractivity contribution in [2.75, 3.05) is 19.6 Å². The summed E-state index contributed by atoms with van der Waals surface area (Å²) in [7, 11) is 0. The Bertz CT molecular complexity index is 632. The normalized spacial score (nSPS) is 17.3. The molecular formula is C19H29ClN2O. The van der Waals surface area contributed by atoms with Gasteiger partial charge in [0.1, 0.15) is 5.75 Å². The van der Waals surface area contributed by atoms with Crippen molar-refractivity contribution in [3.05, 3.63) is 29.5 Å². The Morgan fingerprint density at radius 1 is 1.22 bits per heavy atom. The summed E-state index contributed by atoms with van der Waals surface area (Å²) < 4.78 is 0. The number of H-pyrrole nitrogens is 1. The fraction of sp³-hybridized carbons (Fsp3) is 0.579. The van der Waals surface area contributed by atoms with Gasteiger partial charge >= 0.3 is 0 Å². The molecule has 3 nitrogen and oxygen atoms in total. The standard InChI is InChI=1S/C19H28N2O.ClH/c1-3-9-21(10-4-2)13-14-5-7-18-16(11-14)17-12-15(22)6-8-19(17)20-18;/h6,8,12,14,20,22H,3-5,7,9-11,13H2,1-2H3;1H. The largest absolute Gasteiger partial charge is 0.508 e. The molecule has 1 heterocycles. The van der Waals surface area contributed by atoms with Gasteiger partial charge in [-0.05, 0) is 74.9 Å². The zero-order valence-electron chi connectivity index (χ0n) is 14.3. The number of nitrogens with zero attached hydrogens (tertiary/aromatic N) is 1. The first-order valence-corrected chi connectivity index (χ1v) is 8.76. The lowest BCUT2D eigenvalue weighted by Crippen LogP contribution is -2.33. The van der Waals surface area contributed by atoms with Crippen LogP contribution in [0.25, 0.3) is 10.9 Å². The first-order valence-electron chi connectivity index (χ1n) is 8.76. The van der Waals surface area contributed by atoms with Crippen LogP contribution in [0.1, 0.15) is 44.4 Å². The third-order valence-electron chi connectivity index (χ3n) is 4.87. The summed E-state index contributed by atoms with van der Waals surface area (Å²) in [6, 6.07) is 5.69. The Morgan fingerprint density at radius 2 is 1.96 bits per heavy atom. The molecule has 0 fully saturated rings. The number of hydrogen-bond acceptors (Lipinski definition) is 2. The van der Waals surface area contributed by atoms with Crippen LogP contribution in [0.15, 0.2) is 18.2 Å². The van der Waals surface area contributed by atoms with Gasteiger partial charge in [-0.2, -0.15) is 0 Å². The molecule has 2 aromatic rings. The van der Waals surface area contributed by atoms with Crippen molar-refractivity contribution in [2.45, 2.75) is 46.0 Å². The molecule has 0 saturated heterocycles. The summed E-state index contributed by atoms with van der Waals surface area (Å²) in [5.74, 6) is 1.11. The Balaban J connectivity index is 0.00000192. The van der Waals surface area contributed by atoms with Crippen molar-refractivity contribution in [2.24, 2.45) is 5.92 Å². The van der Waals surface area contributed by atoms with Crippen LogP contribution in [0.5, 0.6) is 5.75 Å². The van der Waals surface area contributed by atoms with Gasteiger partial charge in [-0.1, -0.05) is 13.8 Å². The first kappa shape index (κ1) is 18.2. The number of nitrogens with one attached hydrogen (secondary N) is 1. The molecule has 3 rings (SSSR count). The van der Waals surface area contributed by atoms with E-state index >= 15 is 0 Å². The van der Waals surface area contributed by atoms with Crippen molar-refractivity contribution in [1.29, 1.82) is 0 Å². The Kier molecular flexibility index (Phi) is 6.37. The van der Waals surface area contributed by atoms with Crippen LogP contribution in [0.4, 0.5) is 0 Å². The number of phenols is 1. The van der Waals surface area contributed by atoms with Crippen LogP contribution in [0.3, 0.4) is 0 Å².